The number of nitrogens with one attached hydrogen (secondary N) is 1. The monoisotopic (exact) mass is 454 g/mol. The Balaban J connectivity index is 1.50. The fourth-order valence-electron chi connectivity index (χ4n) is 3.84. The van der Waals surface area contributed by atoms with E-state index >= 15 is 0 Å². The standard InChI is InChI=1S/C27H26N4O3/c1-20-26(27(34)31(29(20)2)23-16-10-5-11-17-23)28-24(32)18-19-25(33)30(21-12-6-3-7-13-21)22-14-8-4-9-15-22/h3-17H,18-19H2,1-2H3,(H,28,32). The summed E-state index contributed by atoms with van der Waals surface area (Å²) < 4.78 is 3.20. The van der Waals surface area contributed by atoms with E-state index in [4.69, 9.17) is 0 Å². The molecule has 0 aliphatic heterocycles. The summed E-state index contributed by atoms with van der Waals surface area (Å²) in [4.78, 5) is 40.5. The van der Waals surface area contributed by atoms with Crippen molar-refractivity contribution in [3.8, 4) is 5.69 Å². The number of anilines is 3. The Morgan fingerprint density at radius 2 is 1.29 bits per heavy atom. The van der Waals surface area contributed by atoms with Crippen LogP contribution in [0.15, 0.2) is 95.8 Å². The second kappa shape index (κ2) is 10.0. The molecular weight excluding hydrogens is 428 g/mol. The van der Waals surface area contributed by atoms with Crippen LogP contribution >= 0.6 is 0 Å². The number of aromatic nitrogens is 2. The van der Waals surface area contributed by atoms with Crippen LogP contribution in [0.2, 0.25) is 0 Å². The van der Waals surface area contributed by atoms with Crippen LogP contribution in [0.5, 0.6) is 0 Å². The summed E-state index contributed by atoms with van der Waals surface area (Å²) in [5.41, 5.74) is 2.68. The molecule has 0 fully saturated rings. The van der Waals surface area contributed by atoms with E-state index in [1.54, 1.807) is 23.6 Å². The van der Waals surface area contributed by atoms with E-state index in [9.17, 15) is 14.4 Å². The molecule has 7 nitrogen and oxygen atoms in total. The third-order valence-corrected chi connectivity index (χ3v) is 5.66. The number of hydrogen-bond donors (Lipinski definition) is 1. The van der Waals surface area contributed by atoms with E-state index in [2.05, 4.69) is 5.32 Å². The van der Waals surface area contributed by atoms with Gasteiger partial charge < -0.3 is 5.32 Å². The number of amides is 2. The third kappa shape index (κ3) is 4.68. The molecule has 0 unspecified atom stereocenters. The highest BCUT2D eigenvalue weighted by molar-refractivity contribution is 6.02. The smallest absolute Gasteiger partial charge is 0.295 e. The van der Waals surface area contributed by atoms with Gasteiger partial charge in [-0.2, -0.15) is 0 Å². The normalized spacial score (nSPS) is 10.6. The summed E-state index contributed by atoms with van der Waals surface area (Å²) in [7, 11) is 1.76. The summed E-state index contributed by atoms with van der Waals surface area (Å²) in [6.45, 7) is 1.77. The Morgan fingerprint density at radius 3 is 1.82 bits per heavy atom. The quantitative estimate of drug-likeness (QED) is 0.445. The van der Waals surface area contributed by atoms with Crippen LogP contribution in [0.1, 0.15) is 18.5 Å². The SMILES string of the molecule is Cc1c(NC(=O)CCC(=O)N(c2ccccc2)c2ccccc2)c(=O)n(-c2ccccc2)n1C. The van der Waals surface area contributed by atoms with Gasteiger partial charge in [-0.05, 0) is 43.3 Å². The summed E-state index contributed by atoms with van der Waals surface area (Å²) >= 11 is 0. The largest absolute Gasteiger partial charge is 0.320 e. The molecule has 0 radical (unpaired) electrons. The van der Waals surface area contributed by atoms with Crippen LogP contribution in [-0.2, 0) is 16.6 Å². The molecule has 172 valence electrons. The van der Waals surface area contributed by atoms with Crippen molar-refractivity contribution in [1.82, 2.24) is 9.36 Å². The van der Waals surface area contributed by atoms with Gasteiger partial charge in [0.25, 0.3) is 5.56 Å². The Kier molecular flexibility index (Phi) is 6.73. The number of carbonyl (C=O) groups excluding carboxylic acids is 2. The van der Waals surface area contributed by atoms with Gasteiger partial charge in [0.1, 0.15) is 5.69 Å². The zero-order chi connectivity index (χ0) is 24.1. The molecule has 0 spiro atoms. The topological polar surface area (TPSA) is 76.3 Å². The first-order valence-electron chi connectivity index (χ1n) is 11.0. The Hall–Kier alpha value is -4.39. The van der Waals surface area contributed by atoms with Gasteiger partial charge in [-0.1, -0.05) is 54.6 Å². The maximum absolute atomic E-state index is 13.2. The number of hydrogen-bond acceptors (Lipinski definition) is 3. The van der Waals surface area contributed by atoms with E-state index in [1.165, 1.54) is 4.68 Å². The molecule has 1 aromatic heterocycles. The minimum Gasteiger partial charge on any atom is -0.320 e. The lowest BCUT2D eigenvalue weighted by Gasteiger charge is -2.23. The molecule has 0 bridgehead atoms. The Bertz CT molecular complexity index is 1300. The van der Waals surface area contributed by atoms with Crippen LogP contribution in [0.25, 0.3) is 5.69 Å². The van der Waals surface area contributed by atoms with Crippen molar-refractivity contribution >= 4 is 28.9 Å². The van der Waals surface area contributed by atoms with Gasteiger partial charge in [-0.15, -0.1) is 0 Å². The first-order chi connectivity index (χ1) is 16.5. The van der Waals surface area contributed by atoms with Crippen molar-refractivity contribution in [3.63, 3.8) is 0 Å². The van der Waals surface area contributed by atoms with Crippen molar-refractivity contribution in [2.24, 2.45) is 7.05 Å². The molecular formula is C27H26N4O3. The summed E-state index contributed by atoms with van der Waals surface area (Å²) in [6.07, 6.45) is -0.0531. The van der Waals surface area contributed by atoms with E-state index in [1.807, 2.05) is 91.0 Å². The van der Waals surface area contributed by atoms with Crippen LogP contribution in [-0.4, -0.2) is 21.2 Å². The predicted octanol–water partition coefficient (Wildman–Crippen LogP) is 4.57. The maximum atomic E-state index is 13.2. The fraction of sp³-hybridized carbons (Fsp3) is 0.148. The van der Waals surface area contributed by atoms with Crippen molar-refractivity contribution < 1.29 is 9.59 Å². The van der Waals surface area contributed by atoms with Gasteiger partial charge in [0, 0.05) is 31.3 Å². The molecule has 1 heterocycles. The lowest BCUT2D eigenvalue weighted by Crippen LogP contribution is -2.27. The molecule has 4 rings (SSSR count). The van der Waals surface area contributed by atoms with Gasteiger partial charge in [0.15, 0.2) is 0 Å². The predicted molar refractivity (Wildman–Crippen MR) is 134 cm³/mol. The summed E-state index contributed by atoms with van der Waals surface area (Å²) in [5, 5.41) is 2.72. The highest BCUT2D eigenvalue weighted by Crippen LogP contribution is 2.26. The minimum absolute atomic E-state index is 0.00558. The second-order valence-corrected chi connectivity index (χ2v) is 7.88. The molecule has 2 amide bonds. The van der Waals surface area contributed by atoms with Gasteiger partial charge in [-0.25, -0.2) is 4.68 Å². The van der Waals surface area contributed by atoms with E-state index < -0.39 is 0 Å². The van der Waals surface area contributed by atoms with E-state index in [-0.39, 0.29) is 35.9 Å². The van der Waals surface area contributed by atoms with E-state index in [0.29, 0.717) is 11.4 Å². The lowest BCUT2D eigenvalue weighted by atomic mass is 10.2. The van der Waals surface area contributed by atoms with Crippen molar-refractivity contribution in [2.75, 3.05) is 10.2 Å². The van der Waals surface area contributed by atoms with Gasteiger partial charge in [0.05, 0.1) is 11.4 Å². The molecule has 3 aromatic carbocycles. The van der Waals surface area contributed by atoms with Gasteiger partial charge in [0.2, 0.25) is 11.8 Å². The Morgan fingerprint density at radius 1 is 0.794 bits per heavy atom. The average Bonchev–Trinajstić information content (AvgIpc) is 3.07. The van der Waals surface area contributed by atoms with E-state index in [0.717, 1.165) is 11.4 Å². The fourth-order valence-corrected chi connectivity index (χ4v) is 3.84. The lowest BCUT2D eigenvalue weighted by molar-refractivity contribution is -0.122. The zero-order valence-electron chi connectivity index (χ0n) is 19.1. The first kappa shape index (κ1) is 22.8. The van der Waals surface area contributed by atoms with Crippen molar-refractivity contribution in [3.05, 3.63) is 107 Å². The first-order valence-corrected chi connectivity index (χ1v) is 11.0. The second-order valence-electron chi connectivity index (χ2n) is 7.88. The number of para-hydroxylation sites is 3. The molecule has 0 saturated carbocycles. The number of benzene rings is 3. The zero-order valence-corrected chi connectivity index (χ0v) is 19.1. The number of rotatable bonds is 7. The molecule has 1 N–H and O–H groups in total. The van der Waals surface area contributed by atoms with Crippen molar-refractivity contribution in [1.29, 1.82) is 0 Å². The maximum Gasteiger partial charge on any atom is 0.295 e. The van der Waals surface area contributed by atoms with Gasteiger partial charge in [-0.3, -0.25) is 24.0 Å². The number of carbonyl (C=O) groups is 2. The van der Waals surface area contributed by atoms with Crippen LogP contribution in [0.4, 0.5) is 17.1 Å². The minimum atomic E-state index is -0.388. The molecule has 0 aliphatic carbocycles. The molecule has 7 heteroatoms. The van der Waals surface area contributed by atoms with Crippen LogP contribution < -0.4 is 15.8 Å². The molecule has 0 saturated heterocycles. The summed E-state index contributed by atoms with van der Waals surface area (Å²) in [5.74, 6) is -0.598. The van der Waals surface area contributed by atoms with Crippen LogP contribution in [0.3, 0.4) is 0 Å². The third-order valence-electron chi connectivity index (χ3n) is 5.66. The average molecular weight is 455 g/mol. The molecule has 0 aliphatic rings. The highest BCUT2D eigenvalue weighted by atomic mass is 16.2. The Labute approximate surface area is 197 Å². The van der Waals surface area contributed by atoms with Crippen LogP contribution in [0, 0.1) is 6.92 Å². The van der Waals surface area contributed by atoms with Crippen molar-refractivity contribution in [2.45, 2.75) is 19.8 Å². The summed E-state index contributed by atoms with van der Waals surface area (Å²) in [6, 6.07) is 27.8. The number of nitrogens with zero attached hydrogens (tertiary/aromatic N) is 3. The molecule has 4 aromatic rings. The molecule has 0 atom stereocenters. The van der Waals surface area contributed by atoms with Gasteiger partial charge >= 0.3 is 0 Å². The highest BCUT2D eigenvalue weighted by Gasteiger charge is 2.21. The molecule has 34 heavy (non-hydrogen) atoms.